The highest BCUT2D eigenvalue weighted by Crippen LogP contribution is 2.16. The van der Waals surface area contributed by atoms with E-state index in [-0.39, 0.29) is 5.43 Å². The summed E-state index contributed by atoms with van der Waals surface area (Å²) in [6, 6.07) is 14.6. The van der Waals surface area contributed by atoms with Gasteiger partial charge in [-0.1, -0.05) is 90.2 Å². The van der Waals surface area contributed by atoms with Crippen molar-refractivity contribution in [2.24, 2.45) is 0 Å². The predicted molar refractivity (Wildman–Crippen MR) is 141 cm³/mol. The van der Waals surface area contributed by atoms with Crippen LogP contribution in [0.2, 0.25) is 0 Å². The van der Waals surface area contributed by atoms with E-state index in [2.05, 4.69) is 13.8 Å². The van der Waals surface area contributed by atoms with Crippen LogP contribution in [-0.2, 0) is 6.61 Å². The van der Waals surface area contributed by atoms with Gasteiger partial charge in [-0.25, -0.2) is 0 Å². The van der Waals surface area contributed by atoms with Crippen LogP contribution < -0.4 is 19.6 Å². The third-order valence-electron chi connectivity index (χ3n) is 5.89. The SMILES string of the molecule is CCCCCCCCCCOc1ccc(COc2ccc(OCCCCCC)ccc2=O)cc1. The molecule has 0 unspecified atom stereocenters. The largest absolute Gasteiger partial charge is 0.494 e. The highest BCUT2D eigenvalue weighted by Gasteiger charge is 2.02. The highest BCUT2D eigenvalue weighted by molar-refractivity contribution is 5.30. The van der Waals surface area contributed by atoms with E-state index in [4.69, 9.17) is 14.2 Å². The molecule has 2 aromatic rings. The van der Waals surface area contributed by atoms with Gasteiger partial charge in [0.25, 0.3) is 0 Å². The summed E-state index contributed by atoms with van der Waals surface area (Å²) in [6.45, 7) is 6.21. The van der Waals surface area contributed by atoms with Gasteiger partial charge in [0, 0.05) is 0 Å². The summed E-state index contributed by atoms with van der Waals surface area (Å²) in [5.74, 6) is 1.90. The Morgan fingerprint density at radius 2 is 1.00 bits per heavy atom. The number of hydrogen-bond donors (Lipinski definition) is 0. The Morgan fingerprint density at radius 3 is 1.59 bits per heavy atom. The fraction of sp³-hybridized carbons (Fsp3) is 0.567. The lowest BCUT2D eigenvalue weighted by Gasteiger charge is -2.08. The van der Waals surface area contributed by atoms with E-state index in [1.807, 2.05) is 24.3 Å². The van der Waals surface area contributed by atoms with Crippen LogP contribution in [0.5, 0.6) is 17.2 Å². The van der Waals surface area contributed by atoms with E-state index in [0.717, 1.165) is 30.8 Å². The lowest BCUT2D eigenvalue weighted by Crippen LogP contribution is -2.04. The number of unbranched alkanes of at least 4 members (excludes halogenated alkanes) is 10. The molecule has 2 rings (SSSR count). The molecule has 0 aliphatic rings. The molecule has 0 amide bonds. The van der Waals surface area contributed by atoms with Crippen molar-refractivity contribution in [2.75, 3.05) is 13.2 Å². The first-order valence-corrected chi connectivity index (χ1v) is 13.3. The van der Waals surface area contributed by atoms with Gasteiger partial charge in [-0.2, -0.15) is 0 Å². The highest BCUT2D eigenvalue weighted by atomic mass is 16.5. The van der Waals surface area contributed by atoms with E-state index in [9.17, 15) is 4.79 Å². The molecule has 4 heteroatoms. The van der Waals surface area contributed by atoms with Crippen LogP contribution in [-0.4, -0.2) is 13.2 Å². The molecule has 0 fully saturated rings. The number of benzene rings is 1. The molecule has 4 nitrogen and oxygen atoms in total. The molecule has 0 bridgehead atoms. The third-order valence-corrected chi connectivity index (χ3v) is 5.89. The molecule has 34 heavy (non-hydrogen) atoms. The first kappa shape index (κ1) is 27.8. The van der Waals surface area contributed by atoms with Gasteiger partial charge < -0.3 is 14.2 Å². The Bertz CT molecular complexity index is 832. The maximum absolute atomic E-state index is 12.3. The molecular formula is C30H44O4. The molecule has 0 heterocycles. The molecule has 0 saturated carbocycles. The number of hydrogen-bond acceptors (Lipinski definition) is 4. The van der Waals surface area contributed by atoms with Gasteiger partial charge in [-0.3, -0.25) is 4.79 Å². The van der Waals surface area contributed by atoms with Crippen molar-refractivity contribution in [1.29, 1.82) is 0 Å². The van der Waals surface area contributed by atoms with Crippen LogP contribution in [0, 0.1) is 0 Å². The minimum atomic E-state index is -0.147. The van der Waals surface area contributed by atoms with Gasteiger partial charge >= 0.3 is 0 Å². The summed E-state index contributed by atoms with van der Waals surface area (Å²) >= 11 is 0. The topological polar surface area (TPSA) is 44.8 Å². The summed E-state index contributed by atoms with van der Waals surface area (Å²) in [5, 5.41) is 0. The Hall–Kier alpha value is -2.49. The van der Waals surface area contributed by atoms with E-state index in [1.54, 1.807) is 18.2 Å². The van der Waals surface area contributed by atoms with E-state index in [1.165, 1.54) is 70.3 Å². The molecular weight excluding hydrogens is 424 g/mol. The molecule has 0 aromatic heterocycles. The van der Waals surface area contributed by atoms with Crippen LogP contribution >= 0.6 is 0 Å². The molecule has 0 N–H and O–H groups in total. The predicted octanol–water partition coefficient (Wildman–Crippen LogP) is 8.10. The van der Waals surface area contributed by atoms with Crippen molar-refractivity contribution in [1.82, 2.24) is 0 Å². The minimum Gasteiger partial charge on any atom is -0.494 e. The first-order chi connectivity index (χ1) is 16.7. The summed E-state index contributed by atoms with van der Waals surface area (Å²) in [4.78, 5) is 12.3. The van der Waals surface area contributed by atoms with Crippen molar-refractivity contribution in [3.8, 4) is 17.2 Å². The average molecular weight is 469 g/mol. The fourth-order valence-electron chi connectivity index (χ4n) is 3.74. The fourth-order valence-corrected chi connectivity index (χ4v) is 3.74. The van der Waals surface area contributed by atoms with Crippen LogP contribution in [0.4, 0.5) is 0 Å². The number of ether oxygens (including phenoxy) is 3. The summed E-state index contributed by atoms with van der Waals surface area (Å²) < 4.78 is 17.4. The second-order valence-corrected chi connectivity index (χ2v) is 8.96. The first-order valence-electron chi connectivity index (χ1n) is 13.3. The minimum absolute atomic E-state index is 0.147. The molecule has 0 atom stereocenters. The smallest absolute Gasteiger partial charge is 0.220 e. The second-order valence-electron chi connectivity index (χ2n) is 8.96. The Kier molecular flexibility index (Phi) is 14.6. The van der Waals surface area contributed by atoms with Crippen molar-refractivity contribution >= 4 is 0 Å². The molecule has 0 aliphatic carbocycles. The quantitative estimate of drug-likeness (QED) is 0.195. The van der Waals surface area contributed by atoms with Crippen molar-refractivity contribution in [3.63, 3.8) is 0 Å². The maximum Gasteiger partial charge on any atom is 0.220 e. The van der Waals surface area contributed by atoms with Gasteiger partial charge in [0.2, 0.25) is 5.43 Å². The third kappa shape index (κ3) is 12.1. The molecule has 188 valence electrons. The zero-order chi connectivity index (χ0) is 24.3. The van der Waals surface area contributed by atoms with Gasteiger partial charge in [-0.15, -0.1) is 0 Å². The van der Waals surface area contributed by atoms with E-state index >= 15 is 0 Å². The summed E-state index contributed by atoms with van der Waals surface area (Å²) in [7, 11) is 0. The Morgan fingerprint density at radius 1 is 0.529 bits per heavy atom. The van der Waals surface area contributed by atoms with Crippen molar-refractivity contribution < 1.29 is 14.2 Å². The van der Waals surface area contributed by atoms with Crippen molar-refractivity contribution in [3.05, 3.63) is 64.3 Å². The van der Waals surface area contributed by atoms with Crippen LogP contribution in [0.25, 0.3) is 0 Å². The molecule has 0 spiro atoms. The van der Waals surface area contributed by atoms with Gasteiger partial charge in [0.15, 0.2) is 5.75 Å². The second kappa shape index (κ2) is 17.9. The van der Waals surface area contributed by atoms with Gasteiger partial charge in [-0.05, 0) is 54.8 Å². The zero-order valence-corrected chi connectivity index (χ0v) is 21.4. The standard InChI is InChI=1S/C30H44O4/c1-3-5-7-9-10-11-12-14-24-32-27-17-15-26(16-18-27)25-34-30-22-20-28(19-21-29(30)31)33-23-13-8-6-4-2/h15-22H,3-14,23-25H2,1-2H3. The maximum atomic E-state index is 12.3. The molecule has 0 saturated heterocycles. The van der Waals surface area contributed by atoms with E-state index in [0.29, 0.717) is 24.7 Å². The van der Waals surface area contributed by atoms with Gasteiger partial charge in [0.05, 0.1) is 13.2 Å². The monoisotopic (exact) mass is 468 g/mol. The zero-order valence-electron chi connectivity index (χ0n) is 21.4. The summed E-state index contributed by atoms with van der Waals surface area (Å²) in [5.41, 5.74) is 0.851. The average Bonchev–Trinajstić information content (AvgIpc) is 3.03. The lowest BCUT2D eigenvalue weighted by atomic mass is 10.1. The molecule has 0 radical (unpaired) electrons. The molecule has 0 aliphatic heterocycles. The van der Waals surface area contributed by atoms with Crippen LogP contribution in [0.1, 0.15) is 96.5 Å². The van der Waals surface area contributed by atoms with Crippen LogP contribution in [0.15, 0.2) is 53.3 Å². The van der Waals surface area contributed by atoms with Gasteiger partial charge in [0.1, 0.15) is 18.1 Å². The summed E-state index contributed by atoms with van der Waals surface area (Å²) in [6.07, 6.45) is 15.0. The van der Waals surface area contributed by atoms with E-state index < -0.39 is 0 Å². The van der Waals surface area contributed by atoms with Crippen molar-refractivity contribution in [2.45, 2.75) is 97.5 Å². The lowest BCUT2D eigenvalue weighted by molar-refractivity contribution is 0.298. The molecule has 2 aromatic carbocycles. The Labute approximate surface area is 206 Å². The normalized spacial score (nSPS) is 10.8. The van der Waals surface area contributed by atoms with Crippen LogP contribution in [0.3, 0.4) is 0 Å². The number of rotatable bonds is 19. The Balaban J connectivity index is 1.68.